The van der Waals surface area contributed by atoms with Crippen molar-refractivity contribution in [2.45, 2.75) is 13.2 Å². The summed E-state index contributed by atoms with van der Waals surface area (Å²) in [6.07, 6.45) is 1.40. The zero-order chi connectivity index (χ0) is 17.1. The topological polar surface area (TPSA) is 99.0 Å². The first kappa shape index (κ1) is 15.9. The average Bonchev–Trinajstić information content (AvgIpc) is 3.03. The van der Waals surface area contributed by atoms with E-state index in [1.54, 1.807) is 18.2 Å². The van der Waals surface area contributed by atoms with E-state index in [1.807, 2.05) is 0 Å². The largest absolute Gasteiger partial charge is 0.491 e. The molecule has 1 aliphatic heterocycles. The van der Waals surface area contributed by atoms with Crippen LogP contribution < -0.4 is 25.0 Å². The van der Waals surface area contributed by atoms with Gasteiger partial charge in [-0.3, -0.25) is 9.59 Å². The van der Waals surface area contributed by atoms with E-state index in [2.05, 4.69) is 5.32 Å². The first-order chi connectivity index (χ1) is 11.6. The number of nitrogens with one attached hydrogen (secondary N) is 1. The number of aliphatic hydroxyl groups excluding tert-OH is 1. The lowest BCUT2D eigenvalue weighted by Crippen LogP contribution is -2.23. The van der Waals surface area contributed by atoms with Crippen molar-refractivity contribution in [2.75, 3.05) is 19.2 Å². The number of hydrogen-bond donors (Lipinski definition) is 2. The summed E-state index contributed by atoms with van der Waals surface area (Å²) in [7, 11) is 1.37. The number of hydrogen-bond acceptors (Lipinski definition) is 6. The quantitative estimate of drug-likeness (QED) is 0.837. The van der Waals surface area contributed by atoms with Gasteiger partial charge in [0.2, 0.25) is 18.1 Å². The van der Waals surface area contributed by atoms with Crippen LogP contribution in [0.15, 0.2) is 35.3 Å². The molecule has 1 aliphatic rings. The van der Waals surface area contributed by atoms with Crippen LogP contribution in [0.3, 0.4) is 0 Å². The number of amides is 1. The fraction of sp³-hybridized carbons (Fsp3) is 0.250. The van der Waals surface area contributed by atoms with Gasteiger partial charge in [0.05, 0.1) is 19.9 Å². The Morgan fingerprint density at radius 3 is 2.88 bits per heavy atom. The number of nitrogens with zero attached hydrogens (tertiary/aromatic N) is 1. The van der Waals surface area contributed by atoms with Crippen molar-refractivity contribution in [3.05, 3.63) is 46.4 Å². The summed E-state index contributed by atoms with van der Waals surface area (Å²) in [5.74, 6) is 0.965. The summed E-state index contributed by atoms with van der Waals surface area (Å²) < 4.78 is 16.9. The number of pyridine rings is 1. The fourth-order valence-corrected chi connectivity index (χ4v) is 2.36. The summed E-state index contributed by atoms with van der Waals surface area (Å²) >= 11 is 0. The third-order valence-electron chi connectivity index (χ3n) is 3.53. The van der Waals surface area contributed by atoms with Crippen molar-refractivity contribution in [2.24, 2.45) is 0 Å². The van der Waals surface area contributed by atoms with E-state index in [-0.39, 0.29) is 37.0 Å². The van der Waals surface area contributed by atoms with Gasteiger partial charge in [-0.1, -0.05) is 0 Å². The molecule has 3 rings (SSSR count). The molecule has 1 aromatic carbocycles. The van der Waals surface area contributed by atoms with Gasteiger partial charge in [-0.25, -0.2) is 0 Å². The van der Waals surface area contributed by atoms with Gasteiger partial charge in [0.25, 0.3) is 0 Å². The lowest BCUT2D eigenvalue weighted by Gasteiger charge is -2.13. The molecule has 1 aromatic heterocycles. The van der Waals surface area contributed by atoms with Crippen LogP contribution in [0.2, 0.25) is 0 Å². The summed E-state index contributed by atoms with van der Waals surface area (Å²) in [5.41, 5.74) is 0.526. The van der Waals surface area contributed by atoms with Gasteiger partial charge in [0.15, 0.2) is 17.2 Å². The molecule has 2 N–H and O–H groups in total. The Balaban J connectivity index is 1.76. The van der Waals surface area contributed by atoms with Crippen molar-refractivity contribution < 1.29 is 24.1 Å². The van der Waals surface area contributed by atoms with E-state index < -0.39 is 0 Å². The highest BCUT2D eigenvalue weighted by atomic mass is 16.7. The lowest BCUT2D eigenvalue weighted by molar-refractivity contribution is -0.116. The van der Waals surface area contributed by atoms with E-state index in [0.717, 1.165) is 0 Å². The van der Waals surface area contributed by atoms with Crippen LogP contribution in [0.25, 0.3) is 0 Å². The number of aliphatic hydroxyl groups is 1. The van der Waals surface area contributed by atoms with Gasteiger partial charge in [-0.05, 0) is 12.1 Å². The van der Waals surface area contributed by atoms with E-state index >= 15 is 0 Å². The van der Waals surface area contributed by atoms with Crippen molar-refractivity contribution in [1.82, 2.24) is 4.57 Å². The van der Waals surface area contributed by atoms with Crippen LogP contribution in [0.1, 0.15) is 5.69 Å². The average molecular weight is 332 g/mol. The number of rotatable bonds is 5. The third kappa shape index (κ3) is 3.18. The number of methoxy groups -OCH3 is 1. The van der Waals surface area contributed by atoms with E-state index in [0.29, 0.717) is 22.9 Å². The second-order valence-electron chi connectivity index (χ2n) is 5.10. The molecular weight excluding hydrogens is 316 g/mol. The molecule has 0 saturated heterocycles. The maximum atomic E-state index is 12.2. The van der Waals surface area contributed by atoms with Gasteiger partial charge in [-0.15, -0.1) is 0 Å². The van der Waals surface area contributed by atoms with E-state index in [9.17, 15) is 14.7 Å². The SMILES string of the molecule is COc1cn(CC(=O)Nc2ccc3c(c2)OCO3)c(CO)cc1=O. The molecule has 24 heavy (non-hydrogen) atoms. The zero-order valence-corrected chi connectivity index (χ0v) is 12.9. The number of carbonyl (C=O) groups excluding carboxylic acids is 1. The highest BCUT2D eigenvalue weighted by molar-refractivity contribution is 5.91. The first-order valence-corrected chi connectivity index (χ1v) is 7.18. The molecule has 0 bridgehead atoms. The number of fused-ring (bicyclic) bond motifs is 1. The van der Waals surface area contributed by atoms with Crippen LogP contribution in [-0.2, 0) is 17.9 Å². The molecule has 126 valence electrons. The molecule has 8 heteroatoms. The molecule has 0 unspecified atom stereocenters. The van der Waals surface area contributed by atoms with E-state index in [4.69, 9.17) is 14.2 Å². The maximum Gasteiger partial charge on any atom is 0.244 e. The van der Waals surface area contributed by atoms with E-state index in [1.165, 1.54) is 23.9 Å². The second-order valence-corrected chi connectivity index (χ2v) is 5.10. The minimum atomic E-state index is -0.365. The Bertz CT molecular complexity index is 830. The molecule has 0 aliphatic carbocycles. The van der Waals surface area contributed by atoms with Gasteiger partial charge in [-0.2, -0.15) is 0 Å². The molecule has 0 radical (unpaired) electrons. The second kappa shape index (κ2) is 6.63. The molecule has 0 saturated carbocycles. The molecule has 2 heterocycles. The number of carbonyl (C=O) groups is 1. The molecule has 0 fully saturated rings. The number of aromatic nitrogens is 1. The van der Waals surface area contributed by atoms with Crippen LogP contribution in [0.5, 0.6) is 17.2 Å². The van der Waals surface area contributed by atoms with Gasteiger partial charge in [0, 0.05) is 23.5 Å². The smallest absolute Gasteiger partial charge is 0.244 e. The summed E-state index contributed by atoms with van der Waals surface area (Å²) in [6.45, 7) is -0.290. The van der Waals surface area contributed by atoms with Crippen molar-refractivity contribution in [3.8, 4) is 17.2 Å². The monoisotopic (exact) mass is 332 g/mol. The Morgan fingerprint density at radius 1 is 1.33 bits per heavy atom. The number of anilines is 1. The molecule has 2 aromatic rings. The predicted octanol–water partition coefficient (Wildman–Crippen LogP) is 0.717. The van der Waals surface area contributed by atoms with Crippen LogP contribution in [0, 0.1) is 0 Å². The zero-order valence-electron chi connectivity index (χ0n) is 12.9. The van der Waals surface area contributed by atoms with Crippen molar-refractivity contribution in [3.63, 3.8) is 0 Å². The van der Waals surface area contributed by atoms with Gasteiger partial charge in [0.1, 0.15) is 6.54 Å². The minimum Gasteiger partial charge on any atom is -0.491 e. The standard InChI is InChI=1S/C16H16N2O6/c1-22-15-6-18(11(8-19)5-12(15)20)7-16(21)17-10-2-3-13-14(4-10)24-9-23-13/h2-6,19H,7-9H2,1H3,(H,17,21). The van der Waals surface area contributed by atoms with Gasteiger partial charge < -0.3 is 29.2 Å². The molecule has 0 atom stereocenters. The van der Waals surface area contributed by atoms with Gasteiger partial charge >= 0.3 is 0 Å². The summed E-state index contributed by atoms with van der Waals surface area (Å²) in [6, 6.07) is 6.32. The number of benzene rings is 1. The maximum absolute atomic E-state index is 12.2. The molecule has 8 nitrogen and oxygen atoms in total. The summed E-state index contributed by atoms with van der Waals surface area (Å²) in [4.78, 5) is 23.9. The third-order valence-corrected chi connectivity index (χ3v) is 3.53. The predicted molar refractivity (Wildman–Crippen MR) is 84.4 cm³/mol. The van der Waals surface area contributed by atoms with Crippen LogP contribution >= 0.6 is 0 Å². The van der Waals surface area contributed by atoms with Crippen molar-refractivity contribution in [1.29, 1.82) is 0 Å². The first-order valence-electron chi connectivity index (χ1n) is 7.18. The minimum absolute atomic E-state index is 0.0824. The Labute approximate surface area is 137 Å². The highest BCUT2D eigenvalue weighted by Gasteiger charge is 2.15. The Hall–Kier alpha value is -3.00. The van der Waals surface area contributed by atoms with Crippen LogP contribution in [0.4, 0.5) is 5.69 Å². The van der Waals surface area contributed by atoms with Crippen molar-refractivity contribution >= 4 is 11.6 Å². The Kier molecular flexibility index (Phi) is 4.39. The molecule has 0 spiro atoms. The van der Waals surface area contributed by atoms with Crippen LogP contribution in [-0.4, -0.2) is 29.5 Å². The normalized spacial score (nSPS) is 12.1. The number of ether oxygens (including phenoxy) is 3. The Morgan fingerprint density at radius 2 is 2.12 bits per heavy atom. The summed E-state index contributed by atoms with van der Waals surface area (Å²) in [5, 5.41) is 12.1. The lowest BCUT2D eigenvalue weighted by atomic mass is 10.2. The highest BCUT2D eigenvalue weighted by Crippen LogP contribution is 2.34. The fourth-order valence-electron chi connectivity index (χ4n) is 2.36. The molecule has 1 amide bonds. The molecular formula is C16H16N2O6.